The average Bonchev–Trinajstić information content (AvgIpc) is 3.09. The quantitative estimate of drug-likeness (QED) is 0.857. The summed E-state index contributed by atoms with van der Waals surface area (Å²) < 4.78 is 0. The van der Waals surface area contributed by atoms with E-state index in [1.165, 1.54) is 5.01 Å². The molecule has 0 aliphatic carbocycles. The molecule has 0 radical (unpaired) electrons. The third-order valence-corrected chi connectivity index (χ3v) is 5.03. The van der Waals surface area contributed by atoms with Gasteiger partial charge in [0.15, 0.2) is 0 Å². The Labute approximate surface area is 133 Å². The lowest BCUT2D eigenvalue weighted by atomic mass is 10.0. The lowest BCUT2D eigenvalue weighted by Crippen LogP contribution is -2.45. The molecule has 0 aromatic carbocycles. The van der Waals surface area contributed by atoms with Crippen molar-refractivity contribution >= 4 is 28.9 Å². The van der Waals surface area contributed by atoms with Crippen molar-refractivity contribution in [2.45, 2.75) is 45.1 Å². The van der Waals surface area contributed by atoms with Gasteiger partial charge in [-0.3, -0.25) is 9.59 Å². The van der Waals surface area contributed by atoms with Crippen molar-refractivity contribution < 1.29 is 9.59 Å². The summed E-state index contributed by atoms with van der Waals surface area (Å²) in [6, 6.07) is 0.0525. The topological polar surface area (TPSA) is 65.9 Å². The predicted molar refractivity (Wildman–Crippen MR) is 84.5 cm³/mol. The van der Waals surface area contributed by atoms with Crippen LogP contribution in [0.2, 0.25) is 0 Å². The first kappa shape index (κ1) is 15.1. The Morgan fingerprint density at radius 1 is 1.41 bits per heavy atom. The van der Waals surface area contributed by atoms with E-state index < -0.39 is 0 Å². The highest BCUT2D eigenvalue weighted by atomic mass is 32.1. The fourth-order valence-electron chi connectivity index (χ4n) is 3.00. The van der Waals surface area contributed by atoms with Gasteiger partial charge in [0.25, 0.3) is 5.91 Å². The molecule has 6 nitrogen and oxygen atoms in total. The summed E-state index contributed by atoms with van der Waals surface area (Å²) in [7, 11) is 0. The standard InChI is InChI=1S/C15H20N4O2S/c1-2-19-13(20)7-6-11(17-19)15(21)18-9-4-3-5-12(18)14-16-8-10-22-14/h8,10,12H,2-7,9H2,1H3/t12-/m1/s1. The zero-order valence-corrected chi connectivity index (χ0v) is 13.5. The van der Waals surface area contributed by atoms with E-state index in [0.29, 0.717) is 25.1 Å². The molecule has 1 aromatic rings. The van der Waals surface area contributed by atoms with Gasteiger partial charge >= 0.3 is 0 Å². The van der Waals surface area contributed by atoms with E-state index in [9.17, 15) is 9.59 Å². The minimum absolute atomic E-state index is 0.00540. The minimum Gasteiger partial charge on any atom is -0.328 e. The van der Waals surface area contributed by atoms with Crippen LogP contribution < -0.4 is 0 Å². The normalized spacial score (nSPS) is 22.7. The maximum Gasteiger partial charge on any atom is 0.270 e. The number of aromatic nitrogens is 1. The zero-order chi connectivity index (χ0) is 15.5. The molecule has 3 heterocycles. The van der Waals surface area contributed by atoms with Crippen LogP contribution in [0.15, 0.2) is 16.7 Å². The molecule has 2 amide bonds. The van der Waals surface area contributed by atoms with E-state index in [0.717, 1.165) is 30.8 Å². The van der Waals surface area contributed by atoms with Crippen LogP contribution in [0.4, 0.5) is 0 Å². The number of nitrogens with zero attached hydrogens (tertiary/aromatic N) is 4. The van der Waals surface area contributed by atoms with Crippen LogP contribution in [-0.4, -0.2) is 45.5 Å². The van der Waals surface area contributed by atoms with Crippen molar-refractivity contribution in [2.75, 3.05) is 13.1 Å². The van der Waals surface area contributed by atoms with Crippen LogP contribution in [0.3, 0.4) is 0 Å². The predicted octanol–water partition coefficient (Wildman–Crippen LogP) is 2.20. The fraction of sp³-hybridized carbons (Fsp3) is 0.600. The molecule has 2 aliphatic heterocycles. The van der Waals surface area contributed by atoms with Gasteiger partial charge in [0.1, 0.15) is 10.7 Å². The van der Waals surface area contributed by atoms with Crippen molar-refractivity contribution in [3.05, 3.63) is 16.6 Å². The lowest BCUT2D eigenvalue weighted by Gasteiger charge is -2.35. The molecule has 22 heavy (non-hydrogen) atoms. The summed E-state index contributed by atoms with van der Waals surface area (Å²) in [6.45, 7) is 3.11. The summed E-state index contributed by atoms with van der Waals surface area (Å²) in [5.74, 6) is -0.0417. The van der Waals surface area contributed by atoms with E-state index in [2.05, 4.69) is 10.1 Å². The largest absolute Gasteiger partial charge is 0.328 e. The van der Waals surface area contributed by atoms with E-state index in [4.69, 9.17) is 0 Å². The second-order valence-corrected chi connectivity index (χ2v) is 6.46. The smallest absolute Gasteiger partial charge is 0.270 e. The average molecular weight is 320 g/mol. The number of carbonyl (C=O) groups is 2. The van der Waals surface area contributed by atoms with E-state index in [-0.39, 0.29) is 17.9 Å². The van der Waals surface area contributed by atoms with Crippen LogP contribution >= 0.6 is 11.3 Å². The Bertz CT molecular complexity index is 584. The number of hydrazone groups is 1. The van der Waals surface area contributed by atoms with E-state index in [1.54, 1.807) is 17.5 Å². The van der Waals surface area contributed by atoms with Gasteiger partial charge in [0.05, 0.1) is 6.04 Å². The molecule has 1 saturated heterocycles. The Balaban J connectivity index is 1.82. The van der Waals surface area contributed by atoms with Gasteiger partial charge in [0, 0.05) is 37.5 Å². The van der Waals surface area contributed by atoms with Gasteiger partial charge < -0.3 is 4.90 Å². The molecule has 0 N–H and O–H groups in total. The molecule has 3 rings (SSSR count). The van der Waals surface area contributed by atoms with Crippen LogP contribution in [0.5, 0.6) is 0 Å². The summed E-state index contributed by atoms with van der Waals surface area (Å²) in [5.41, 5.74) is 0.505. The van der Waals surface area contributed by atoms with Gasteiger partial charge in [0.2, 0.25) is 5.91 Å². The first-order valence-electron chi connectivity index (χ1n) is 7.79. The zero-order valence-electron chi connectivity index (χ0n) is 12.7. The third-order valence-electron chi connectivity index (χ3n) is 4.15. The highest BCUT2D eigenvalue weighted by Gasteiger charge is 2.33. The van der Waals surface area contributed by atoms with Crippen LogP contribution in [0.1, 0.15) is 50.1 Å². The number of rotatable bonds is 3. The van der Waals surface area contributed by atoms with Crippen LogP contribution in [-0.2, 0) is 9.59 Å². The van der Waals surface area contributed by atoms with Gasteiger partial charge in [-0.15, -0.1) is 11.3 Å². The van der Waals surface area contributed by atoms with Crippen LogP contribution in [0.25, 0.3) is 0 Å². The van der Waals surface area contributed by atoms with Gasteiger partial charge in [-0.05, 0) is 26.2 Å². The number of likely N-dealkylation sites (tertiary alicyclic amines) is 1. The molecule has 1 fully saturated rings. The molecule has 0 unspecified atom stereocenters. The number of thiazole rings is 1. The Hall–Kier alpha value is -1.76. The molecule has 0 saturated carbocycles. The molecule has 0 bridgehead atoms. The summed E-state index contributed by atoms with van der Waals surface area (Å²) >= 11 is 1.59. The Kier molecular flexibility index (Phi) is 4.52. The first-order chi connectivity index (χ1) is 10.7. The SMILES string of the molecule is CCN1N=C(C(=O)N2CCCC[C@@H]2c2nccs2)CCC1=O. The molecular formula is C15H20N4O2S. The summed E-state index contributed by atoms with van der Waals surface area (Å²) in [5, 5.41) is 8.61. The first-order valence-corrected chi connectivity index (χ1v) is 8.67. The van der Waals surface area contributed by atoms with Crippen molar-refractivity contribution in [3.8, 4) is 0 Å². The van der Waals surface area contributed by atoms with E-state index >= 15 is 0 Å². The highest BCUT2D eigenvalue weighted by molar-refractivity contribution is 7.09. The monoisotopic (exact) mass is 320 g/mol. The fourth-order valence-corrected chi connectivity index (χ4v) is 3.78. The number of hydrogen-bond acceptors (Lipinski definition) is 5. The summed E-state index contributed by atoms with van der Waals surface area (Å²) in [4.78, 5) is 30.8. The summed E-state index contributed by atoms with van der Waals surface area (Å²) in [6.07, 6.45) is 5.66. The number of amides is 2. The maximum absolute atomic E-state index is 12.9. The molecule has 1 aromatic heterocycles. The lowest BCUT2D eigenvalue weighted by molar-refractivity contribution is -0.132. The van der Waals surface area contributed by atoms with Crippen molar-refractivity contribution in [2.24, 2.45) is 5.10 Å². The number of carbonyl (C=O) groups excluding carboxylic acids is 2. The second-order valence-electron chi connectivity index (χ2n) is 5.54. The minimum atomic E-state index is -0.0362. The molecule has 2 aliphatic rings. The van der Waals surface area contributed by atoms with Gasteiger partial charge in [-0.2, -0.15) is 5.10 Å². The van der Waals surface area contributed by atoms with Crippen molar-refractivity contribution in [1.29, 1.82) is 0 Å². The molecule has 7 heteroatoms. The van der Waals surface area contributed by atoms with E-state index in [1.807, 2.05) is 17.2 Å². The van der Waals surface area contributed by atoms with Crippen molar-refractivity contribution in [3.63, 3.8) is 0 Å². The van der Waals surface area contributed by atoms with Crippen molar-refractivity contribution in [1.82, 2.24) is 14.9 Å². The molecular weight excluding hydrogens is 300 g/mol. The van der Waals surface area contributed by atoms with Crippen LogP contribution in [0, 0.1) is 0 Å². The molecule has 1 atom stereocenters. The number of piperidine rings is 1. The molecule has 118 valence electrons. The second kappa shape index (κ2) is 6.56. The number of hydrogen-bond donors (Lipinski definition) is 0. The third kappa shape index (κ3) is 2.90. The Morgan fingerprint density at radius 3 is 3.00 bits per heavy atom. The van der Waals surface area contributed by atoms with Gasteiger partial charge in [-0.1, -0.05) is 0 Å². The highest BCUT2D eigenvalue weighted by Crippen LogP contribution is 2.32. The maximum atomic E-state index is 12.9. The van der Waals surface area contributed by atoms with Gasteiger partial charge in [-0.25, -0.2) is 9.99 Å². The Morgan fingerprint density at radius 2 is 2.27 bits per heavy atom. The molecule has 0 spiro atoms.